The topological polar surface area (TPSA) is 57.3 Å². The van der Waals surface area contributed by atoms with Gasteiger partial charge in [0.1, 0.15) is 5.82 Å². The number of hydrogen-bond donors (Lipinski definition) is 2. The van der Waals surface area contributed by atoms with Gasteiger partial charge in [-0.1, -0.05) is 0 Å². The van der Waals surface area contributed by atoms with E-state index < -0.39 is 0 Å². The monoisotopic (exact) mass is 334 g/mol. The molecule has 1 aliphatic rings. The molecule has 7 heteroatoms. The third kappa shape index (κ3) is 5.34. The summed E-state index contributed by atoms with van der Waals surface area (Å²) in [7, 11) is 0. The summed E-state index contributed by atoms with van der Waals surface area (Å²) in [5, 5.41) is 6.12. The van der Waals surface area contributed by atoms with Crippen LogP contribution in [0.3, 0.4) is 0 Å². The summed E-state index contributed by atoms with van der Waals surface area (Å²) >= 11 is 0. The van der Waals surface area contributed by atoms with Crippen LogP contribution in [0.2, 0.25) is 0 Å². The van der Waals surface area contributed by atoms with Crippen LogP contribution in [0.25, 0.3) is 0 Å². The number of hydrogen-bond acceptors (Lipinski definition) is 4. The largest absolute Gasteiger partial charge is 0.357 e. The number of carbonyl (C=O) groups excluding carboxylic acids is 1. The van der Waals surface area contributed by atoms with E-state index >= 15 is 0 Å². The van der Waals surface area contributed by atoms with E-state index in [0.29, 0.717) is 0 Å². The summed E-state index contributed by atoms with van der Waals surface area (Å²) in [4.78, 5) is 18.5. The number of rotatable bonds is 5. The summed E-state index contributed by atoms with van der Waals surface area (Å²) < 4.78 is 0. The molecule has 1 atom stereocenters. The Balaban J connectivity index is 0.00000200. The van der Waals surface area contributed by atoms with E-state index in [1.54, 1.807) is 6.20 Å². The standard InChI is InChI=1S/C14H22N4O.2ClH/c1-3-18(4-2)13-6-5-12(10-16-13)17-14(19)11-7-8-15-9-11;;/h5-6,10-11,15H,3-4,7-9H2,1-2H3,(H,17,19);2*1H. The third-order valence-corrected chi connectivity index (χ3v) is 3.53. The highest BCUT2D eigenvalue weighted by atomic mass is 35.5. The highest BCUT2D eigenvalue weighted by molar-refractivity contribution is 5.92. The molecule has 1 saturated heterocycles. The van der Waals surface area contributed by atoms with Crippen molar-refractivity contribution in [3.05, 3.63) is 18.3 Å². The van der Waals surface area contributed by atoms with Crippen molar-refractivity contribution in [2.24, 2.45) is 5.92 Å². The van der Waals surface area contributed by atoms with Crippen LogP contribution in [0, 0.1) is 5.92 Å². The van der Waals surface area contributed by atoms with Crippen LogP contribution in [0.1, 0.15) is 20.3 Å². The Bertz CT molecular complexity index is 417. The van der Waals surface area contributed by atoms with Crippen molar-refractivity contribution in [3.8, 4) is 0 Å². The fourth-order valence-electron chi connectivity index (χ4n) is 2.32. The SMILES string of the molecule is CCN(CC)c1ccc(NC(=O)C2CCNC2)cn1.Cl.Cl. The van der Waals surface area contributed by atoms with Crippen LogP contribution in [0.15, 0.2) is 18.3 Å². The van der Waals surface area contributed by atoms with Gasteiger partial charge in [-0.3, -0.25) is 4.79 Å². The second kappa shape index (κ2) is 9.82. The Labute approximate surface area is 138 Å². The second-order valence-corrected chi connectivity index (χ2v) is 4.76. The first-order valence-corrected chi connectivity index (χ1v) is 6.97. The van der Waals surface area contributed by atoms with Gasteiger partial charge >= 0.3 is 0 Å². The van der Waals surface area contributed by atoms with Crippen LogP contribution in [-0.2, 0) is 4.79 Å². The van der Waals surface area contributed by atoms with E-state index in [1.165, 1.54) is 0 Å². The number of pyridine rings is 1. The lowest BCUT2D eigenvalue weighted by Crippen LogP contribution is -2.25. The van der Waals surface area contributed by atoms with Crippen LogP contribution >= 0.6 is 24.8 Å². The second-order valence-electron chi connectivity index (χ2n) is 4.76. The van der Waals surface area contributed by atoms with Crippen molar-refractivity contribution >= 4 is 42.2 Å². The zero-order chi connectivity index (χ0) is 13.7. The van der Waals surface area contributed by atoms with Crippen molar-refractivity contribution in [2.45, 2.75) is 20.3 Å². The number of carbonyl (C=O) groups is 1. The van der Waals surface area contributed by atoms with Gasteiger partial charge in [0.25, 0.3) is 0 Å². The fourth-order valence-corrected chi connectivity index (χ4v) is 2.32. The predicted molar refractivity (Wildman–Crippen MR) is 91.9 cm³/mol. The Morgan fingerprint density at radius 2 is 2.10 bits per heavy atom. The van der Waals surface area contributed by atoms with E-state index in [4.69, 9.17) is 0 Å². The van der Waals surface area contributed by atoms with Crippen LogP contribution < -0.4 is 15.5 Å². The van der Waals surface area contributed by atoms with Crippen LogP contribution in [-0.4, -0.2) is 37.1 Å². The van der Waals surface area contributed by atoms with Gasteiger partial charge in [-0.05, 0) is 38.9 Å². The van der Waals surface area contributed by atoms with E-state index in [9.17, 15) is 4.79 Å². The maximum Gasteiger partial charge on any atom is 0.228 e. The quantitative estimate of drug-likeness (QED) is 0.867. The van der Waals surface area contributed by atoms with E-state index in [1.807, 2.05) is 12.1 Å². The molecule has 1 fully saturated rings. The molecule has 0 aliphatic carbocycles. The van der Waals surface area contributed by atoms with Crippen molar-refractivity contribution in [2.75, 3.05) is 36.4 Å². The summed E-state index contributed by atoms with van der Waals surface area (Å²) in [6, 6.07) is 3.87. The maximum absolute atomic E-state index is 12.0. The first kappa shape index (κ1) is 20.0. The number of anilines is 2. The average molecular weight is 335 g/mol. The highest BCUT2D eigenvalue weighted by Crippen LogP contribution is 2.16. The molecule has 1 unspecified atom stereocenters. The summed E-state index contributed by atoms with van der Waals surface area (Å²) in [5.74, 6) is 1.12. The molecule has 5 nitrogen and oxygen atoms in total. The van der Waals surface area contributed by atoms with Gasteiger partial charge in [-0.25, -0.2) is 4.98 Å². The van der Waals surface area contributed by atoms with Crippen molar-refractivity contribution in [1.29, 1.82) is 0 Å². The lowest BCUT2D eigenvalue weighted by molar-refractivity contribution is -0.119. The van der Waals surface area contributed by atoms with Gasteiger partial charge in [-0.15, -0.1) is 24.8 Å². The van der Waals surface area contributed by atoms with Gasteiger partial charge in [0.15, 0.2) is 0 Å². The normalized spacial score (nSPS) is 16.6. The highest BCUT2D eigenvalue weighted by Gasteiger charge is 2.22. The minimum Gasteiger partial charge on any atom is -0.357 e. The number of halogens is 2. The number of aromatic nitrogens is 1. The molecule has 1 aliphatic heterocycles. The van der Waals surface area contributed by atoms with Crippen LogP contribution in [0.4, 0.5) is 11.5 Å². The summed E-state index contributed by atoms with van der Waals surface area (Å²) in [5.41, 5.74) is 0.771. The van der Waals surface area contributed by atoms with Gasteiger partial charge in [0, 0.05) is 19.6 Å². The minimum absolute atomic E-state index is 0. The molecule has 1 amide bonds. The molecule has 2 N–H and O–H groups in total. The minimum atomic E-state index is 0. The molecule has 1 aromatic rings. The average Bonchev–Trinajstić information content (AvgIpc) is 2.96. The molecule has 0 bridgehead atoms. The molecule has 0 spiro atoms. The molecular formula is C14H24Cl2N4O. The van der Waals surface area contributed by atoms with Gasteiger partial charge < -0.3 is 15.5 Å². The fraction of sp³-hybridized carbons (Fsp3) is 0.571. The molecule has 0 radical (unpaired) electrons. The molecule has 21 heavy (non-hydrogen) atoms. The molecule has 120 valence electrons. The van der Waals surface area contributed by atoms with Crippen molar-refractivity contribution in [3.63, 3.8) is 0 Å². The Kier molecular flexibility index (Phi) is 9.33. The van der Waals surface area contributed by atoms with Gasteiger partial charge in [-0.2, -0.15) is 0 Å². The smallest absolute Gasteiger partial charge is 0.228 e. The maximum atomic E-state index is 12.0. The summed E-state index contributed by atoms with van der Waals surface area (Å²) in [6.07, 6.45) is 2.64. The Morgan fingerprint density at radius 1 is 1.38 bits per heavy atom. The van der Waals surface area contributed by atoms with Gasteiger partial charge in [0.05, 0.1) is 17.8 Å². The number of amides is 1. The zero-order valence-corrected chi connectivity index (χ0v) is 14.1. The molecular weight excluding hydrogens is 311 g/mol. The van der Waals surface area contributed by atoms with Crippen LogP contribution in [0.5, 0.6) is 0 Å². The zero-order valence-electron chi connectivity index (χ0n) is 12.5. The first-order valence-electron chi connectivity index (χ1n) is 6.97. The van der Waals surface area contributed by atoms with E-state index in [2.05, 4.69) is 34.4 Å². The molecule has 0 aromatic carbocycles. The van der Waals surface area contributed by atoms with Crippen molar-refractivity contribution < 1.29 is 4.79 Å². The molecule has 2 heterocycles. The Hall–Kier alpha value is -1.04. The number of nitrogens with zero attached hydrogens (tertiary/aromatic N) is 2. The predicted octanol–water partition coefficient (Wildman–Crippen LogP) is 2.32. The third-order valence-electron chi connectivity index (χ3n) is 3.53. The lowest BCUT2D eigenvalue weighted by Gasteiger charge is -2.19. The number of nitrogens with one attached hydrogen (secondary N) is 2. The van der Waals surface area contributed by atoms with Crippen molar-refractivity contribution in [1.82, 2.24) is 10.3 Å². The van der Waals surface area contributed by atoms with E-state index in [0.717, 1.165) is 44.1 Å². The first-order chi connectivity index (χ1) is 9.24. The molecule has 1 aromatic heterocycles. The molecule has 2 rings (SSSR count). The van der Waals surface area contributed by atoms with Gasteiger partial charge in [0.2, 0.25) is 5.91 Å². The summed E-state index contributed by atoms with van der Waals surface area (Å²) in [6.45, 7) is 7.78. The van der Waals surface area contributed by atoms with E-state index in [-0.39, 0.29) is 36.6 Å². The Morgan fingerprint density at radius 3 is 2.57 bits per heavy atom. The molecule has 0 saturated carbocycles. The lowest BCUT2D eigenvalue weighted by atomic mass is 10.1.